The first-order chi connectivity index (χ1) is 10.1. The van der Waals surface area contributed by atoms with Gasteiger partial charge in [-0.15, -0.1) is 12.4 Å². The Labute approximate surface area is 146 Å². The van der Waals surface area contributed by atoms with E-state index in [9.17, 15) is 0 Å². The zero-order valence-electron chi connectivity index (χ0n) is 12.3. The number of hydrogen-bond acceptors (Lipinski definition) is 3. The normalized spacial score (nSPS) is 14.9. The summed E-state index contributed by atoms with van der Waals surface area (Å²) < 4.78 is 7.59. The largest absolute Gasteiger partial charge is 0.471 e. The molecule has 2 aromatic rings. The molecule has 0 saturated heterocycles. The molecule has 1 aromatic heterocycles. The number of rotatable bonds is 3. The molecule has 120 valence electrons. The van der Waals surface area contributed by atoms with Crippen molar-refractivity contribution in [3.05, 3.63) is 45.7 Å². The Bertz CT molecular complexity index is 645. The van der Waals surface area contributed by atoms with Crippen LogP contribution in [-0.4, -0.2) is 34.8 Å². The van der Waals surface area contributed by atoms with Gasteiger partial charge in [0.05, 0.1) is 11.2 Å². The molecule has 0 amide bonds. The van der Waals surface area contributed by atoms with Gasteiger partial charge < -0.3 is 9.64 Å². The molecule has 1 aliphatic rings. The highest BCUT2D eigenvalue weighted by Crippen LogP contribution is 2.31. The topological polar surface area (TPSA) is 30.3 Å². The van der Waals surface area contributed by atoms with Crippen molar-refractivity contribution in [3.63, 3.8) is 0 Å². The van der Waals surface area contributed by atoms with Gasteiger partial charge in [0.15, 0.2) is 6.73 Å². The summed E-state index contributed by atoms with van der Waals surface area (Å²) in [7, 11) is 2.13. The summed E-state index contributed by atoms with van der Waals surface area (Å²) in [5.41, 5.74) is 2.42. The number of aromatic nitrogens is 2. The van der Waals surface area contributed by atoms with Crippen LogP contribution in [-0.2, 0) is 19.6 Å². The molecule has 1 aliphatic heterocycles. The van der Waals surface area contributed by atoms with Crippen LogP contribution in [0.3, 0.4) is 0 Å². The number of hydrogen-bond donors (Lipinski definition) is 0. The molecule has 0 radical (unpaired) electrons. The first-order valence-corrected chi connectivity index (χ1v) is 7.68. The van der Waals surface area contributed by atoms with Crippen LogP contribution >= 0.6 is 35.6 Å². The zero-order valence-corrected chi connectivity index (χ0v) is 14.6. The summed E-state index contributed by atoms with van der Waals surface area (Å²) in [6, 6.07) is 3.86. The minimum atomic E-state index is 0. The van der Waals surface area contributed by atoms with E-state index in [1.807, 2.05) is 12.1 Å². The van der Waals surface area contributed by atoms with E-state index in [4.69, 9.17) is 27.9 Å². The van der Waals surface area contributed by atoms with Gasteiger partial charge in [-0.1, -0.05) is 23.2 Å². The van der Waals surface area contributed by atoms with Crippen LogP contribution in [0.2, 0.25) is 10.0 Å². The maximum atomic E-state index is 6.35. The van der Waals surface area contributed by atoms with Gasteiger partial charge in [0.2, 0.25) is 0 Å². The average Bonchev–Trinajstić information content (AvgIpc) is 2.77. The third-order valence-electron chi connectivity index (χ3n) is 3.77. The molecule has 4 nitrogen and oxygen atoms in total. The fourth-order valence-electron chi connectivity index (χ4n) is 2.58. The molecule has 1 aromatic carbocycles. The fourth-order valence-corrected chi connectivity index (χ4v) is 3.01. The fraction of sp³-hybridized carbons (Fsp3) is 0.400. The molecule has 0 saturated carbocycles. The highest BCUT2D eigenvalue weighted by atomic mass is 35.5. The first kappa shape index (κ1) is 17.4. The van der Waals surface area contributed by atoms with Crippen molar-refractivity contribution in [2.24, 2.45) is 0 Å². The lowest BCUT2D eigenvalue weighted by Crippen LogP contribution is -2.20. The van der Waals surface area contributed by atoms with Gasteiger partial charge in [0, 0.05) is 29.9 Å². The lowest BCUT2D eigenvalue weighted by Gasteiger charge is -2.15. The van der Waals surface area contributed by atoms with E-state index in [2.05, 4.69) is 17.0 Å². The standard InChI is InChI=1S/C15H17Cl2N3O.ClH/c1-19-6-4-12-13(5-7-19)15(3-2-14(12)17)21-10-20-9-11(16)8-18-20;/h2-3,8-9H,4-7,10H2,1H3;1H. The molecule has 0 aliphatic carbocycles. The highest BCUT2D eigenvalue weighted by Gasteiger charge is 2.18. The third kappa shape index (κ3) is 3.87. The second-order valence-electron chi connectivity index (χ2n) is 5.28. The smallest absolute Gasteiger partial charge is 0.180 e. The van der Waals surface area contributed by atoms with Gasteiger partial charge in [0.1, 0.15) is 5.75 Å². The minimum Gasteiger partial charge on any atom is -0.471 e. The van der Waals surface area contributed by atoms with Crippen LogP contribution in [0.1, 0.15) is 11.1 Å². The van der Waals surface area contributed by atoms with Crippen LogP contribution in [0.5, 0.6) is 5.75 Å². The third-order valence-corrected chi connectivity index (χ3v) is 4.32. The molecule has 0 unspecified atom stereocenters. The zero-order chi connectivity index (χ0) is 14.8. The van der Waals surface area contributed by atoms with Gasteiger partial charge in [-0.25, -0.2) is 4.68 Å². The lowest BCUT2D eigenvalue weighted by molar-refractivity contribution is 0.218. The van der Waals surface area contributed by atoms with Crippen molar-refractivity contribution in [2.75, 3.05) is 20.1 Å². The van der Waals surface area contributed by atoms with E-state index in [1.165, 1.54) is 11.1 Å². The van der Waals surface area contributed by atoms with Crippen LogP contribution in [0.15, 0.2) is 24.5 Å². The molecule has 7 heteroatoms. The SMILES string of the molecule is CN1CCc2c(Cl)ccc(OCn3cc(Cl)cn3)c2CC1.Cl. The van der Waals surface area contributed by atoms with Gasteiger partial charge in [-0.3, -0.25) is 0 Å². The molecule has 0 atom stereocenters. The number of fused-ring (bicyclic) bond motifs is 1. The number of halogens is 3. The minimum absolute atomic E-state index is 0. The molecule has 0 bridgehead atoms. The Morgan fingerprint density at radius 3 is 2.59 bits per heavy atom. The van der Waals surface area contributed by atoms with Crippen molar-refractivity contribution in [3.8, 4) is 5.75 Å². The van der Waals surface area contributed by atoms with E-state index >= 15 is 0 Å². The second kappa shape index (κ2) is 7.55. The Morgan fingerprint density at radius 1 is 1.18 bits per heavy atom. The number of likely N-dealkylation sites (N-methyl/N-ethyl adjacent to an activating group) is 1. The molecule has 22 heavy (non-hydrogen) atoms. The van der Waals surface area contributed by atoms with Crippen molar-refractivity contribution in [2.45, 2.75) is 19.6 Å². The van der Waals surface area contributed by atoms with Gasteiger partial charge >= 0.3 is 0 Å². The first-order valence-electron chi connectivity index (χ1n) is 6.93. The van der Waals surface area contributed by atoms with Crippen LogP contribution in [0.4, 0.5) is 0 Å². The summed E-state index contributed by atoms with van der Waals surface area (Å²) in [6.07, 6.45) is 5.24. The van der Waals surface area contributed by atoms with Gasteiger partial charge in [-0.05, 0) is 37.6 Å². The predicted octanol–water partition coefficient (Wildman–Crippen LogP) is 3.68. The molecule has 0 spiro atoms. The van der Waals surface area contributed by atoms with Gasteiger partial charge in [0.25, 0.3) is 0 Å². The Hall–Kier alpha value is -0.940. The van der Waals surface area contributed by atoms with Crippen molar-refractivity contribution >= 4 is 35.6 Å². The molecule has 3 rings (SSSR count). The monoisotopic (exact) mass is 361 g/mol. The molecule has 0 N–H and O–H groups in total. The van der Waals surface area contributed by atoms with Crippen molar-refractivity contribution in [1.82, 2.24) is 14.7 Å². The van der Waals surface area contributed by atoms with E-state index in [1.54, 1.807) is 17.1 Å². The molecule has 0 fully saturated rings. The van der Waals surface area contributed by atoms with Gasteiger partial charge in [-0.2, -0.15) is 5.10 Å². The Balaban J connectivity index is 0.00000176. The molecular formula is C15H18Cl3N3O. The van der Waals surface area contributed by atoms with Crippen molar-refractivity contribution in [1.29, 1.82) is 0 Å². The van der Waals surface area contributed by atoms with E-state index < -0.39 is 0 Å². The maximum absolute atomic E-state index is 6.35. The summed E-state index contributed by atoms with van der Waals surface area (Å²) in [4.78, 5) is 2.31. The summed E-state index contributed by atoms with van der Waals surface area (Å²) in [5.74, 6) is 0.885. The lowest BCUT2D eigenvalue weighted by atomic mass is 10.0. The van der Waals surface area contributed by atoms with E-state index in [0.29, 0.717) is 11.8 Å². The second-order valence-corrected chi connectivity index (χ2v) is 6.12. The highest BCUT2D eigenvalue weighted by molar-refractivity contribution is 6.31. The van der Waals surface area contributed by atoms with Crippen molar-refractivity contribution < 1.29 is 4.74 Å². The quantitative estimate of drug-likeness (QED) is 0.834. The van der Waals surface area contributed by atoms with E-state index in [0.717, 1.165) is 36.7 Å². The Morgan fingerprint density at radius 2 is 1.91 bits per heavy atom. The molecular weight excluding hydrogens is 345 g/mol. The number of ether oxygens (including phenoxy) is 1. The van der Waals surface area contributed by atoms with Crippen LogP contribution in [0, 0.1) is 0 Å². The average molecular weight is 363 g/mol. The van der Waals surface area contributed by atoms with E-state index in [-0.39, 0.29) is 12.4 Å². The summed E-state index contributed by atoms with van der Waals surface area (Å²) in [6.45, 7) is 2.37. The maximum Gasteiger partial charge on any atom is 0.180 e. The summed E-state index contributed by atoms with van der Waals surface area (Å²) in [5, 5.41) is 5.55. The van der Waals surface area contributed by atoms with Crippen LogP contribution < -0.4 is 4.74 Å². The number of benzene rings is 1. The Kier molecular flexibility index (Phi) is 5.98. The summed E-state index contributed by atoms with van der Waals surface area (Å²) >= 11 is 12.2. The predicted molar refractivity (Wildman–Crippen MR) is 91.5 cm³/mol. The molecule has 2 heterocycles. The van der Waals surface area contributed by atoms with Crippen LogP contribution in [0.25, 0.3) is 0 Å². The number of nitrogens with zero attached hydrogens (tertiary/aromatic N) is 3.